The second-order valence-electron chi connectivity index (χ2n) is 7.60. The fourth-order valence-corrected chi connectivity index (χ4v) is 4.07. The lowest BCUT2D eigenvalue weighted by atomic mass is 9.85. The van der Waals surface area contributed by atoms with Gasteiger partial charge >= 0.3 is 6.09 Å². The summed E-state index contributed by atoms with van der Waals surface area (Å²) >= 11 is 0. The van der Waals surface area contributed by atoms with Crippen LogP contribution in [0.15, 0.2) is 30.3 Å². The summed E-state index contributed by atoms with van der Waals surface area (Å²) in [6.45, 7) is 8.32. The normalized spacial score (nSPS) is 17.9. The smallest absolute Gasteiger partial charge is 0.405 e. The zero-order valence-corrected chi connectivity index (χ0v) is 15.4. The quantitative estimate of drug-likeness (QED) is 0.839. The number of ether oxygens (including phenoxy) is 1. The molecule has 4 heteroatoms. The van der Waals surface area contributed by atoms with Crippen LogP contribution in [0, 0.1) is 19.3 Å². The molecule has 0 spiro atoms. The van der Waals surface area contributed by atoms with Crippen molar-refractivity contribution in [3.63, 3.8) is 0 Å². The van der Waals surface area contributed by atoms with Crippen LogP contribution in [0.4, 0.5) is 4.79 Å². The van der Waals surface area contributed by atoms with Crippen LogP contribution in [-0.4, -0.2) is 18.3 Å². The average Bonchev–Trinajstić information content (AvgIpc) is 2.76. The van der Waals surface area contributed by atoms with Gasteiger partial charge in [0.05, 0.1) is 13.2 Å². The van der Waals surface area contributed by atoms with E-state index in [0.29, 0.717) is 0 Å². The third-order valence-electron chi connectivity index (χ3n) is 5.15. The molecule has 1 unspecified atom stereocenters. The molecule has 0 bridgehead atoms. The Morgan fingerprint density at radius 3 is 2.36 bits per heavy atom. The van der Waals surface area contributed by atoms with Gasteiger partial charge in [0, 0.05) is 0 Å². The Morgan fingerprint density at radius 1 is 1.16 bits per heavy atom. The first-order valence-corrected chi connectivity index (χ1v) is 8.51. The number of hydrogen-bond donors (Lipinski definition) is 2. The first-order chi connectivity index (χ1) is 11.7. The number of nitrogens with one attached hydrogen (secondary N) is 1. The number of benzene rings is 2. The lowest BCUT2D eigenvalue weighted by Crippen LogP contribution is -2.34. The van der Waals surface area contributed by atoms with Crippen LogP contribution in [0.25, 0.3) is 11.1 Å². The molecule has 0 aliphatic heterocycles. The maximum Gasteiger partial charge on any atom is 0.405 e. The third kappa shape index (κ3) is 3.09. The van der Waals surface area contributed by atoms with Gasteiger partial charge in [0.15, 0.2) is 0 Å². The van der Waals surface area contributed by atoms with E-state index in [0.717, 1.165) is 40.0 Å². The van der Waals surface area contributed by atoms with Gasteiger partial charge in [0.1, 0.15) is 5.75 Å². The average molecular weight is 339 g/mol. The van der Waals surface area contributed by atoms with Crippen molar-refractivity contribution in [2.75, 3.05) is 7.11 Å². The van der Waals surface area contributed by atoms with Crippen LogP contribution in [0.1, 0.15) is 42.1 Å². The molecule has 0 heterocycles. The molecule has 4 nitrogen and oxygen atoms in total. The van der Waals surface area contributed by atoms with E-state index in [9.17, 15) is 4.79 Å². The van der Waals surface area contributed by atoms with Crippen molar-refractivity contribution in [3.8, 4) is 16.9 Å². The Bertz CT molecular complexity index is 816. The van der Waals surface area contributed by atoms with Crippen LogP contribution >= 0.6 is 0 Å². The van der Waals surface area contributed by atoms with Gasteiger partial charge in [-0.3, -0.25) is 0 Å². The predicted molar refractivity (Wildman–Crippen MR) is 99.3 cm³/mol. The van der Waals surface area contributed by atoms with Crippen LogP contribution < -0.4 is 10.1 Å². The molecule has 25 heavy (non-hydrogen) atoms. The van der Waals surface area contributed by atoms with E-state index in [1.54, 1.807) is 7.11 Å². The first kappa shape index (κ1) is 17.3. The SMILES string of the molecule is COc1c(C)cc(-c2ccc3c(c2)CC(C)(C)C3NC(=O)O)cc1C. The Balaban J connectivity index is 2.02. The molecule has 2 aromatic carbocycles. The van der Waals surface area contributed by atoms with Gasteiger partial charge < -0.3 is 15.2 Å². The summed E-state index contributed by atoms with van der Waals surface area (Å²) in [5.74, 6) is 0.928. The van der Waals surface area contributed by atoms with Crippen molar-refractivity contribution in [2.24, 2.45) is 5.41 Å². The lowest BCUT2D eigenvalue weighted by Gasteiger charge is -2.27. The van der Waals surface area contributed by atoms with Crippen LogP contribution in [-0.2, 0) is 6.42 Å². The molecule has 3 rings (SSSR count). The minimum absolute atomic E-state index is 0.134. The van der Waals surface area contributed by atoms with E-state index in [1.807, 2.05) is 0 Å². The van der Waals surface area contributed by atoms with E-state index in [2.05, 4.69) is 63.3 Å². The molecular formula is C21H25NO3. The minimum atomic E-state index is -0.976. The Labute approximate surface area is 148 Å². The maximum atomic E-state index is 11.2. The molecule has 0 radical (unpaired) electrons. The second kappa shape index (κ2) is 6.10. The fraction of sp³-hybridized carbons (Fsp3) is 0.381. The summed E-state index contributed by atoms with van der Waals surface area (Å²) < 4.78 is 5.46. The van der Waals surface area contributed by atoms with E-state index in [4.69, 9.17) is 9.84 Å². The molecule has 0 fully saturated rings. The largest absolute Gasteiger partial charge is 0.496 e. The molecule has 0 saturated heterocycles. The summed E-state index contributed by atoms with van der Waals surface area (Å²) in [6.07, 6.45) is -0.119. The van der Waals surface area contributed by atoms with E-state index in [1.165, 1.54) is 5.56 Å². The van der Waals surface area contributed by atoms with E-state index >= 15 is 0 Å². The predicted octanol–water partition coefficient (Wildman–Crippen LogP) is 4.87. The topological polar surface area (TPSA) is 58.6 Å². The molecule has 1 aliphatic rings. The fourth-order valence-electron chi connectivity index (χ4n) is 4.07. The van der Waals surface area contributed by atoms with Gasteiger partial charge in [-0.05, 0) is 71.2 Å². The Kier molecular flexibility index (Phi) is 4.23. The van der Waals surface area contributed by atoms with Crippen molar-refractivity contribution in [3.05, 3.63) is 52.6 Å². The van der Waals surface area contributed by atoms with Crippen molar-refractivity contribution < 1.29 is 14.6 Å². The summed E-state index contributed by atoms with van der Waals surface area (Å²) in [4.78, 5) is 11.2. The molecule has 0 saturated carbocycles. The van der Waals surface area contributed by atoms with Gasteiger partial charge in [-0.15, -0.1) is 0 Å². The van der Waals surface area contributed by atoms with Crippen molar-refractivity contribution in [1.29, 1.82) is 0 Å². The highest BCUT2D eigenvalue weighted by Gasteiger charge is 2.39. The molecule has 1 aliphatic carbocycles. The van der Waals surface area contributed by atoms with Crippen LogP contribution in [0.2, 0.25) is 0 Å². The van der Waals surface area contributed by atoms with Crippen LogP contribution in [0.5, 0.6) is 5.75 Å². The summed E-state index contributed by atoms with van der Waals surface area (Å²) in [5, 5.41) is 11.8. The molecule has 1 atom stereocenters. The minimum Gasteiger partial charge on any atom is -0.496 e. The van der Waals surface area contributed by atoms with Gasteiger partial charge in [-0.1, -0.05) is 32.0 Å². The number of amides is 1. The number of aryl methyl sites for hydroxylation is 2. The Hall–Kier alpha value is -2.49. The van der Waals surface area contributed by atoms with E-state index < -0.39 is 6.09 Å². The number of fused-ring (bicyclic) bond motifs is 1. The zero-order chi connectivity index (χ0) is 18.4. The zero-order valence-electron chi connectivity index (χ0n) is 15.4. The molecule has 2 aromatic rings. The van der Waals surface area contributed by atoms with E-state index in [-0.39, 0.29) is 11.5 Å². The first-order valence-electron chi connectivity index (χ1n) is 8.51. The highest BCUT2D eigenvalue weighted by molar-refractivity contribution is 5.70. The van der Waals surface area contributed by atoms with Crippen molar-refractivity contribution in [1.82, 2.24) is 5.32 Å². The van der Waals surface area contributed by atoms with Gasteiger partial charge in [0.25, 0.3) is 0 Å². The summed E-state index contributed by atoms with van der Waals surface area (Å²) in [6, 6.07) is 10.4. The molecular weight excluding hydrogens is 314 g/mol. The summed E-state index contributed by atoms with van der Waals surface area (Å²) in [7, 11) is 1.70. The van der Waals surface area contributed by atoms with Crippen LogP contribution in [0.3, 0.4) is 0 Å². The molecule has 0 aromatic heterocycles. The van der Waals surface area contributed by atoms with Crippen molar-refractivity contribution >= 4 is 6.09 Å². The van der Waals surface area contributed by atoms with Crippen molar-refractivity contribution in [2.45, 2.75) is 40.2 Å². The number of hydrogen-bond acceptors (Lipinski definition) is 2. The number of rotatable bonds is 3. The molecule has 132 valence electrons. The summed E-state index contributed by atoms with van der Waals surface area (Å²) in [5.41, 5.74) is 6.70. The Morgan fingerprint density at radius 2 is 1.80 bits per heavy atom. The molecule has 2 N–H and O–H groups in total. The number of methoxy groups -OCH3 is 1. The number of carboxylic acid groups (broad SMARTS) is 1. The van der Waals surface area contributed by atoms with Gasteiger partial charge in [-0.25, -0.2) is 4.79 Å². The lowest BCUT2D eigenvalue weighted by molar-refractivity contribution is 0.175. The standard InChI is InChI=1S/C21H25NO3/c1-12-8-15(9-13(2)18(12)25-5)14-6-7-17-16(10-14)11-21(3,4)19(17)22-20(23)24/h6-10,19,22H,11H2,1-5H3,(H,23,24). The maximum absolute atomic E-state index is 11.2. The highest BCUT2D eigenvalue weighted by atomic mass is 16.5. The van der Waals surface area contributed by atoms with Gasteiger partial charge in [-0.2, -0.15) is 0 Å². The highest BCUT2D eigenvalue weighted by Crippen LogP contribution is 2.46. The second-order valence-corrected chi connectivity index (χ2v) is 7.60. The third-order valence-corrected chi connectivity index (χ3v) is 5.15. The number of carbonyl (C=O) groups is 1. The monoisotopic (exact) mass is 339 g/mol. The molecule has 1 amide bonds. The van der Waals surface area contributed by atoms with Gasteiger partial charge in [0.2, 0.25) is 0 Å².